The monoisotopic (exact) mass is 384 g/mol. The summed E-state index contributed by atoms with van der Waals surface area (Å²) in [7, 11) is 1.88. The molecule has 5 heteroatoms. The number of fused-ring (bicyclic) bond motifs is 2. The molecule has 1 N–H and O–H groups in total. The van der Waals surface area contributed by atoms with Gasteiger partial charge in [0, 0.05) is 29.8 Å². The van der Waals surface area contributed by atoms with Crippen molar-refractivity contribution in [2.75, 3.05) is 12.4 Å². The first-order chi connectivity index (χ1) is 12.5. The molecule has 4 aliphatic rings. The molecule has 2 heterocycles. The minimum absolute atomic E-state index is 0.435. The molecule has 1 aromatic carbocycles. The van der Waals surface area contributed by atoms with Crippen molar-refractivity contribution in [2.45, 2.75) is 77.6 Å². The smallest absolute Gasteiger partial charge is 0.210 e. The van der Waals surface area contributed by atoms with Crippen LogP contribution in [0.2, 0.25) is 5.02 Å². The van der Waals surface area contributed by atoms with Gasteiger partial charge in [-0.15, -0.1) is 0 Å². The SMILES string of the molecule is CC.CC1CC2CC(C1)N2C=O.CNc1ccc(Cl)cc1.FC1CCC1. The van der Waals surface area contributed by atoms with Crippen LogP contribution in [0.3, 0.4) is 0 Å². The summed E-state index contributed by atoms with van der Waals surface area (Å²) in [4.78, 5) is 12.4. The van der Waals surface area contributed by atoms with E-state index >= 15 is 0 Å². The van der Waals surface area contributed by atoms with Gasteiger partial charge in [-0.1, -0.05) is 32.4 Å². The van der Waals surface area contributed by atoms with Crippen LogP contribution in [-0.4, -0.2) is 36.6 Å². The molecule has 148 valence electrons. The van der Waals surface area contributed by atoms with E-state index in [0.717, 1.165) is 42.3 Å². The Hall–Kier alpha value is -1.29. The Balaban J connectivity index is 0.000000195. The third-order valence-corrected chi connectivity index (χ3v) is 5.28. The molecule has 2 unspecified atom stereocenters. The second kappa shape index (κ2) is 12.2. The molecule has 0 aromatic heterocycles. The van der Waals surface area contributed by atoms with Crippen molar-refractivity contribution >= 4 is 23.7 Å². The molecule has 2 bridgehead atoms. The van der Waals surface area contributed by atoms with Crippen LogP contribution in [0.5, 0.6) is 0 Å². The third kappa shape index (κ3) is 7.14. The van der Waals surface area contributed by atoms with Crippen LogP contribution in [0.1, 0.15) is 59.3 Å². The number of carbonyl (C=O) groups excluding carboxylic acids is 1. The Morgan fingerprint density at radius 1 is 1.12 bits per heavy atom. The fourth-order valence-corrected chi connectivity index (χ4v) is 3.45. The summed E-state index contributed by atoms with van der Waals surface area (Å²) in [6, 6.07) is 8.78. The number of piperidine rings is 1. The normalized spacial score (nSPS) is 25.5. The van der Waals surface area contributed by atoms with E-state index in [0.29, 0.717) is 12.1 Å². The fourth-order valence-electron chi connectivity index (χ4n) is 3.33. The first-order valence-electron chi connectivity index (χ1n) is 9.83. The predicted molar refractivity (Wildman–Crippen MR) is 110 cm³/mol. The number of alkyl halides is 1. The second-order valence-electron chi connectivity index (χ2n) is 6.96. The van der Waals surface area contributed by atoms with E-state index in [-0.39, 0.29) is 0 Å². The lowest BCUT2D eigenvalue weighted by atomic mass is 9.75. The zero-order valence-corrected chi connectivity index (χ0v) is 17.3. The molecule has 2 aliphatic heterocycles. The number of nitrogens with zero attached hydrogens (tertiary/aromatic N) is 1. The summed E-state index contributed by atoms with van der Waals surface area (Å²) < 4.78 is 11.5. The Morgan fingerprint density at radius 2 is 1.62 bits per heavy atom. The molecule has 2 saturated heterocycles. The molecular formula is C21H34ClFN2O. The quantitative estimate of drug-likeness (QED) is 0.640. The highest BCUT2D eigenvalue weighted by atomic mass is 35.5. The minimum Gasteiger partial charge on any atom is -0.388 e. The summed E-state index contributed by atoms with van der Waals surface area (Å²) in [5.74, 6) is 0.847. The van der Waals surface area contributed by atoms with Crippen LogP contribution in [-0.2, 0) is 4.79 Å². The molecule has 1 amide bonds. The van der Waals surface area contributed by atoms with E-state index in [2.05, 4.69) is 12.2 Å². The minimum atomic E-state index is -0.435. The van der Waals surface area contributed by atoms with Crippen LogP contribution in [0.4, 0.5) is 10.1 Å². The van der Waals surface area contributed by atoms with Gasteiger partial charge in [-0.05, 0) is 68.7 Å². The maximum atomic E-state index is 11.5. The first kappa shape index (κ1) is 22.8. The van der Waals surface area contributed by atoms with E-state index < -0.39 is 6.17 Å². The first-order valence-corrected chi connectivity index (χ1v) is 10.2. The molecule has 5 rings (SSSR count). The Kier molecular flexibility index (Phi) is 10.6. The van der Waals surface area contributed by atoms with Crippen molar-refractivity contribution in [1.29, 1.82) is 0 Å². The van der Waals surface area contributed by atoms with Crippen molar-refractivity contribution in [2.24, 2.45) is 5.92 Å². The average Bonchev–Trinajstić information content (AvgIpc) is 2.63. The highest BCUT2D eigenvalue weighted by Crippen LogP contribution is 2.39. The van der Waals surface area contributed by atoms with Gasteiger partial charge in [-0.25, -0.2) is 4.39 Å². The number of carbonyl (C=O) groups is 1. The van der Waals surface area contributed by atoms with Crippen LogP contribution in [0, 0.1) is 5.92 Å². The van der Waals surface area contributed by atoms with Crippen molar-refractivity contribution in [3.8, 4) is 0 Å². The van der Waals surface area contributed by atoms with E-state index in [1.54, 1.807) is 0 Å². The number of rotatable bonds is 2. The summed E-state index contributed by atoms with van der Waals surface area (Å²) in [5, 5.41) is 3.77. The molecule has 0 radical (unpaired) electrons. The topological polar surface area (TPSA) is 32.3 Å². The number of nitrogens with one attached hydrogen (secondary N) is 1. The Bertz CT molecular complexity index is 495. The molecule has 3 nitrogen and oxygen atoms in total. The highest BCUT2D eigenvalue weighted by Gasteiger charge is 2.42. The van der Waals surface area contributed by atoms with Gasteiger partial charge in [0.1, 0.15) is 6.17 Å². The Labute approximate surface area is 163 Å². The summed E-state index contributed by atoms with van der Waals surface area (Å²) >= 11 is 5.64. The second-order valence-corrected chi connectivity index (χ2v) is 7.39. The van der Waals surface area contributed by atoms with E-state index in [1.165, 1.54) is 19.3 Å². The summed E-state index contributed by atoms with van der Waals surface area (Å²) in [5.41, 5.74) is 1.08. The molecular weight excluding hydrogens is 351 g/mol. The third-order valence-electron chi connectivity index (χ3n) is 5.03. The molecule has 2 aliphatic carbocycles. The summed E-state index contributed by atoms with van der Waals surface area (Å²) in [6.07, 6.45) is 7.06. The molecule has 4 fully saturated rings. The van der Waals surface area contributed by atoms with Crippen LogP contribution < -0.4 is 5.32 Å². The number of anilines is 1. The van der Waals surface area contributed by atoms with Crippen molar-refractivity contribution in [3.63, 3.8) is 0 Å². The number of benzene rings is 1. The zero-order chi connectivity index (χ0) is 19.5. The average molecular weight is 385 g/mol. The number of hydrogen-bond acceptors (Lipinski definition) is 2. The molecule has 2 saturated carbocycles. The lowest BCUT2D eigenvalue weighted by molar-refractivity contribution is -0.136. The van der Waals surface area contributed by atoms with Gasteiger partial charge in [0.15, 0.2) is 0 Å². The molecule has 0 spiro atoms. The lowest BCUT2D eigenvalue weighted by Crippen LogP contribution is -2.59. The van der Waals surface area contributed by atoms with Crippen LogP contribution in [0.25, 0.3) is 0 Å². The maximum absolute atomic E-state index is 11.5. The standard InChI is InChI=1S/C8H13NO.C7H8ClN.C4H7F.C2H6/c1-6-2-7-4-8(3-6)9(7)5-10;1-9-7-4-2-6(8)3-5-7;5-4-2-1-3-4;1-2/h5-8H,2-4H2,1H3;2-5,9H,1H3;4H,1-3H2;1-2H3. The van der Waals surface area contributed by atoms with E-state index in [4.69, 9.17) is 11.6 Å². The van der Waals surface area contributed by atoms with Gasteiger partial charge in [0.2, 0.25) is 6.41 Å². The van der Waals surface area contributed by atoms with Crippen LogP contribution >= 0.6 is 11.6 Å². The molecule has 2 atom stereocenters. The molecule has 26 heavy (non-hydrogen) atoms. The molecule has 1 aromatic rings. The van der Waals surface area contributed by atoms with Gasteiger partial charge in [-0.3, -0.25) is 4.79 Å². The number of hydrogen-bond donors (Lipinski definition) is 1. The van der Waals surface area contributed by atoms with E-state index in [9.17, 15) is 9.18 Å². The van der Waals surface area contributed by atoms with Gasteiger partial charge < -0.3 is 10.2 Å². The number of halogens is 2. The highest BCUT2D eigenvalue weighted by molar-refractivity contribution is 6.30. The predicted octanol–water partition coefficient (Wildman–Crippen LogP) is 5.93. The zero-order valence-electron chi connectivity index (χ0n) is 16.6. The van der Waals surface area contributed by atoms with Crippen molar-refractivity contribution in [3.05, 3.63) is 29.3 Å². The van der Waals surface area contributed by atoms with Gasteiger partial charge >= 0.3 is 0 Å². The maximum Gasteiger partial charge on any atom is 0.210 e. The largest absolute Gasteiger partial charge is 0.388 e. The summed E-state index contributed by atoms with van der Waals surface area (Å²) in [6.45, 7) is 6.28. The number of amides is 1. The van der Waals surface area contributed by atoms with Gasteiger partial charge in [-0.2, -0.15) is 0 Å². The van der Waals surface area contributed by atoms with Gasteiger partial charge in [0.25, 0.3) is 0 Å². The Morgan fingerprint density at radius 3 is 1.96 bits per heavy atom. The van der Waals surface area contributed by atoms with E-state index in [1.807, 2.05) is 50.1 Å². The fraction of sp³-hybridized carbons (Fsp3) is 0.667. The van der Waals surface area contributed by atoms with Gasteiger partial charge in [0.05, 0.1) is 0 Å². The van der Waals surface area contributed by atoms with Crippen molar-refractivity contribution in [1.82, 2.24) is 4.90 Å². The van der Waals surface area contributed by atoms with Crippen molar-refractivity contribution < 1.29 is 9.18 Å². The van der Waals surface area contributed by atoms with Crippen LogP contribution in [0.15, 0.2) is 24.3 Å². The lowest BCUT2D eigenvalue weighted by Gasteiger charge is -2.53.